The number of para-hydroxylation sites is 1. The number of fused-ring (bicyclic) bond motifs is 1. The molecule has 0 unspecified atom stereocenters. The zero-order valence-corrected chi connectivity index (χ0v) is 15.4. The molecule has 0 saturated heterocycles. The number of rotatable bonds is 4. The fourth-order valence-corrected chi connectivity index (χ4v) is 3.63. The number of methoxy groups -OCH3 is 1. The molecule has 3 aromatic carbocycles. The molecule has 0 aliphatic heterocycles. The summed E-state index contributed by atoms with van der Waals surface area (Å²) < 4.78 is 5.88. The number of benzene rings is 3. The van der Waals surface area contributed by atoms with Gasteiger partial charge in [0.05, 0.1) is 28.6 Å². The van der Waals surface area contributed by atoms with Crippen LogP contribution in [0.2, 0.25) is 0 Å². The SMILES string of the molecule is COC(=O)c1ccc(C=Nc2ccc(-c3nc4ccccc4s3)cc2)cc1. The number of carbonyl (C=O) groups is 1. The molecule has 0 aliphatic carbocycles. The van der Waals surface area contributed by atoms with Gasteiger partial charge in [0.15, 0.2) is 0 Å². The maximum Gasteiger partial charge on any atom is 0.337 e. The lowest BCUT2D eigenvalue weighted by atomic mass is 10.1. The largest absolute Gasteiger partial charge is 0.465 e. The second kappa shape index (κ2) is 7.51. The predicted molar refractivity (Wildman–Crippen MR) is 110 cm³/mol. The van der Waals surface area contributed by atoms with Crippen LogP contribution in [0.15, 0.2) is 77.8 Å². The van der Waals surface area contributed by atoms with Gasteiger partial charge in [0.2, 0.25) is 0 Å². The normalized spacial score (nSPS) is 11.1. The molecule has 0 fully saturated rings. The molecule has 0 atom stereocenters. The van der Waals surface area contributed by atoms with Gasteiger partial charge in [-0.1, -0.05) is 24.3 Å². The highest BCUT2D eigenvalue weighted by Gasteiger charge is 2.06. The molecule has 0 bridgehead atoms. The van der Waals surface area contributed by atoms with Crippen LogP contribution in [0.25, 0.3) is 20.8 Å². The minimum Gasteiger partial charge on any atom is -0.465 e. The molecule has 4 nitrogen and oxygen atoms in total. The number of carbonyl (C=O) groups excluding carboxylic acids is 1. The summed E-state index contributed by atoms with van der Waals surface area (Å²) in [5.74, 6) is -0.344. The number of hydrogen-bond donors (Lipinski definition) is 0. The van der Waals surface area contributed by atoms with Crippen molar-refractivity contribution in [3.8, 4) is 10.6 Å². The van der Waals surface area contributed by atoms with E-state index in [1.165, 1.54) is 11.8 Å². The molecule has 27 heavy (non-hydrogen) atoms. The Bertz CT molecular complexity index is 1080. The quantitative estimate of drug-likeness (QED) is 0.351. The fraction of sp³-hybridized carbons (Fsp3) is 0.0455. The van der Waals surface area contributed by atoms with E-state index >= 15 is 0 Å². The van der Waals surface area contributed by atoms with Crippen LogP contribution >= 0.6 is 11.3 Å². The third-order valence-corrected chi connectivity index (χ3v) is 5.19. The number of hydrogen-bond acceptors (Lipinski definition) is 5. The van der Waals surface area contributed by atoms with E-state index in [0.717, 1.165) is 27.3 Å². The first-order valence-corrected chi connectivity index (χ1v) is 9.23. The van der Waals surface area contributed by atoms with E-state index in [2.05, 4.69) is 16.0 Å². The van der Waals surface area contributed by atoms with E-state index in [9.17, 15) is 4.79 Å². The van der Waals surface area contributed by atoms with E-state index in [1.807, 2.05) is 54.6 Å². The lowest BCUT2D eigenvalue weighted by molar-refractivity contribution is 0.0600. The Labute approximate surface area is 160 Å². The predicted octanol–water partition coefficient (Wildman–Crippen LogP) is 5.50. The molecule has 0 N–H and O–H groups in total. The van der Waals surface area contributed by atoms with Crippen LogP contribution in [0.3, 0.4) is 0 Å². The number of esters is 1. The molecule has 4 rings (SSSR count). The van der Waals surface area contributed by atoms with E-state index < -0.39 is 0 Å². The van der Waals surface area contributed by atoms with E-state index in [-0.39, 0.29) is 5.97 Å². The topological polar surface area (TPSA) is 51.5 Å². The smallest absolute Gasteiger partial charge is 0.337 e. The minimum atomic E-state index is -0.344. The van der Waals surface area contributed by atoms with Crippen LogP contribution in [0, 0.1) is 0 Å². The molecule has 0 spiro atoms. The van der Waals surface area contributed by atoms with Crippen LogP contribution < -0.4 is 0 Å². The Kier molecular flexibility index (Phi) is 4.77. The maximum absolute atomic E-state index is 11.4. The van der Waals surface area contributed by atoms with Crippen LogP contribution in [0.5, 0.6) is 0 Å². The monoisotopic (exact) mass is 372 g/mol. The molecule has 0 aliphatic rings. The van der Waals surface area contributed by atoms with Crippen molar-refractivity contribution in [3.63, 3.8) is 0 Å². The van der Waals surface area contributed by atoms with Crippen molar-refractivity contribution in [2.75, 3.05) is 7.11 Å². The van der Waals surface area contributed by atoms with Crippen molar-refractivity contribution >= 4 is 39.4 Å². The Morgan fingerprint density at radius 2 is 1.74 bits per heavy atom. The van der Waals surface area contributed by atoms with Gasteiger partial charge in [-0.3, -0.25) is 4.99 Å². The van der Waals surface area contributed by atoms with Gasteiger partial charge >= 0.3 is 5.97 Å². The van der Waals surface area contributed by atoms with Crippen LogP contribution in [0.4, 0.5) is 5.69 Å². The Balaban J connectivity index is 1.50. The summed E-state index contributed by atoms with van der Waals surface area (Å²) in [4.78, 5) is 20.6. The average Bonchev–Trinajstić information content (AvgIpc) is 3.17. The van der Waals surface area contributed by atoms with Gasteiger partial charge in [-0.2, -0.15) is 0 Å². The fourth-order valence-electron chi connectivity index (χ4n) is 2.66. The van der Waals surface area contributed by atoms with Gasteiger partial charge in [0.25, 0.3) is 0 Å². The van der Waals surface area contributed by atoms with Gasteiger partial charge in [-0.05, 0) is 54.1 Å². The molecule has 4 aromatic rings. The number of nitrogens with zero attached hydrogens (tertiary/aromatic N) is 2. The summed E-state index contributed by atoms with van der Waals surface area (Å²) in [7, 11) is 1.37. The van der Waals surface area contributed by atoms with Gasteiger partial charge < -0.3 is 4.74 Å². The molecule has 5 heteroatoms. The van der Waals surface area contributed by atoms with Crippen molar-refractivity contribution in [2.24, 2.45) is 4.99 Å². The zero-order valence-electron chi connectivity index (χ0n) is 14.6. The highest BCUT2D eigenvalue weighted by molar-refractivity contribution is 7.21. The summed E-state index contributed by atoms with van der Waals surface area (Å²) in [5.41, 5.74) is 4.40. The lowest BCUT2D eigenvalue weighted by Crippen LogP contribution is -2.00. The van der Waals surface area contributed by atoms with E-state index in [1.54, 1.807) is 29.7 Å². The second-order valence-electron chi connectivity index (χ2n) is 5.91. The molecular weight excluding hydrogens is 356 g/mol. The van der Waals surface area contributed by atoms with Gasteiger partial charge in [0, 0.05) is 11.8 Å². The highest BCUT2D eigenvalue weighted by atomic mass is 32.1. The highest BCUT2D eigenvalue weighted by Crippen LogP contribution is 2.30. The van der Waals surface area contributed by atoms with Crippen LogP contribution in [0.1, 0.15) is 15.9 Å². The standard InChI is InChI=1S/C22H16N2O2S/c1-26-22(25)17-8-6-15(7-9-17)14-23-18-12-10-16(11-13-18)21-24-19-4-2-3-5-20(19)27-21/h2-14H,1H3. The lowest BCUT2D eigenvalue weighted by Gasteiger charge is -2.00. The zero-order chi connectivity index (χ0) is 18.6. The summed E-state index contributed by atoms with van der Waals surface area (Å²) in [6, 6.07) is 23.3. The third kappa shape index (κ3) is 3.78. The summed E-state index contributed by atoms with van der Waals surface area (Å²) in [5, 5.41) is 1.00. The van der Waals surface area contributed by atoms with Crippen molar-refractivity contribution in [1.29, 1.82) is 0 Å². The molecule has 1 heterocycles. The third-order valence-electron chi connectivity index (χ3n) is 4.10. The number of aromatic nitrogens is 1. The van der Waals surface area contributed by atoms with Crippen molar-refractivity contribution in [3.05, 3.63) is 83.9 Å². The minimum absolute atomic E-state index is 0.344. The van der Waals surface area contributed by atoms with Crippen molar-refractivity contribution < 1.29 is 9.53 Å². The Hall–Kier alpha value is -3.31. The van der Waals surface area contributed by atoms with E-state index in [0.29, 0.717) is 5.56 Å². The average molecular weight is 372 g/mol. The Morgan fingerprint density at radius 3 is 2.44 bits per heavy atom. The number of aliphatic imine (C=N–C) groups is 1. The first-order valence-electron chi connectivity index (χ1n) is 8.41. The van der Waals surface area contributed by atoms with Crippen LogP contribution in [-0.4, -0.2) is 24.3 Å². The molecule has 0 radical (unpaired) electrons. The summed E-state index contributed by atoms with van der Waals surface area (Å²) in [6.45, 7) is 0. The van der Waals surface area contributed by atoms with E-state index in [4.69, 9.17) is 4.74 Å². The van der Waals surface area contributed by atoms with Gasteiger partial charge in [-0.25, -0.2) is 9.78 Å². The molecule has 0 saturated carbocycles. The van der Waals surface area contributed by atoms with Gasteiger partial charge in [0.1, 0.15) is 5.01 Å². The molecule has 1 aromatic heterocycles. The first kappa shape index (κ1) is 17.1. The van der Waals surface area contributed by atoms with Gasteiger partial charge in [-0.15, -0.1) is 11.3 Å². The first-order chi connectivity index (χ1) is 13.2. The summed E-state index contributed by atoms with van der Waals surface area (Å²) >= 11 is 1.68. The van der Waals surface area contributed by atoms with Crippen molar-refractivity contribution in [2.45, 2.75) is 0 Å². The molecule has 132 valence electrons. The summed E-state index contributed by atoms with van der Waals surface area (Å²) in [6.07, 6.45) is 1.77. The molecular formula is C22H16N2O2S. The van der Waals surface area contributed by atoms with Crippen LogP contribution in [-0.2, 0) is 4.74 Å². The number of ether oxygens (including phenoxy) is 1. The molecule has 0 amide bonds. The number of thiazole rings is 1. The van der Waals surface area contributed by atoms with Crippen molar-refractivity contribution in [1.82, 2.24) is 4.98 Å². The maximum atomic E-state index is 11.4. The Morgan fingerprint density at radius 1 is 1.00 bits per heavy atom. The second-order valence-corrected chi connectivity index (χ2v) is 6.94.